The molecule has 0 radical (unpaired) electrons. The van der Waals surface area contributed by atoms with Gasteiger partial charge in [-0.3, -0.25) is 9.59 Å². The van der Waals surface area contributed by atoms with Gasteiger partial charge in [-0.1, -0.05) is 0 Å². The quantitative estimate of drug-likeness (QED) is 0.495. The molecular formula is C25H35N3O5. The van der Waals surface area contributed by atoms with Gasteiger partial charge in [-0.15, -0.1) is 0 Å². The highest BCUT2D eigenvalue weighted by Crippen LogP contribution is 2.31. The van der Waals surface area contributed by atoms with Crippen molar-refractivity contribution in [3.05, 3.63) is 29.6 Å². The Morgan fingerprint density at radius 3 is 2.42 bits per heavy atom. The molecule has 0 spiro atoms. The van der Waals surface area contributed by atoms with Crippen LogP contribution in [0.5, 0.6) is 0 Å². The number of aldehydes is 1. The van der Waals surface area contributed by atoms with Crippen molar-refractivity contribution in [2.45, 2.75) is 65.6 Å². The SMILES string of the molecule is Cn1c(C[C@H](C(=O)OC(C)(C)C)[C@H]2CCN(C(=O)OC(C)(C)C)C2)nc2ccc(C=O)cc21. The van der Waals surface area contributed by atoms with Gasteiger partial charge in [-0.05, 0) is 72.1 Å². The van der Waals surface area contributed by atoms with Gasteiger partial charge in [0.05, 0.1) is 17.0 Å². The molecule has 2 aromatic rings. The zero-order valence-electron chi connectivity index (χ0n) is 20.7. The number of hydrogen-bond acceptors (Lipinski definition) is 6. The second kappa shape index (κ2) is 9.15. The first-order chi connectivity index (χ1) is 15.3. The Morgan fingerprint density at radius 2 is 1.82 bits per heavy atom. The van der Waals surface area contributed by atoms with Crippen LogP contribution >= 0.6 is 0 Å². The summed E-state index contributed by atoms with van der Waals surface area (Å²) in [6.07, 6.45) is 1.50. The molecule has 1 aromatic carbocycles. The predicted molar refractivity (Wildman–Crippen MR) is 125 cm³/mol. The number of carbonyl (C=O) groups excluding carboxylic acids is 3. The van der Waals surface area contributed by atoms with Gasteiger partial charge >= 0.3 is 12.1 Å². The molecule has 1 aliphatic heterocycles. The first-order valence-corrected chi connectivity index (χ1v) is 11.4. The Kier molecular flexibility index (Phi) is 6.86. The maximum atomic E-state index is 13.2. The first kappa shape index (κ1) is 24.7. The lowest BCUT2D eigenvalue weighted by molar-refractivity contribution is -0.162. The van der Waals surface area contributed by atoms with E-state index in [9.17, 15) is 14.4 Å². The fourth-order valence-corrected chi connectivity index (χ4v) is 4.14. The van der Waals surface area contributed by atoms with E-state index in [0.717, 1.165) is 23.1 Å². The molecule has 1 saturated heterocycles. The monoisotopic (exact) mass is 457 g/mol. The van der Waals surface area contributed by atoms with Crippen LogP contribution in [0.15, 0.2) is 18.2 Å². The number of likely N-dealkylation sites (tertiary alicyclic amines) is 1. The van der Waals surface area contributed by atoms with Crippen molar-refractivity contribution < 1.29 is 23.9 Å². The molecule has 0 bridgehead atoms. The molecule has 2 heterocycles. The minimum Gasteiger partial charge on any atom is -0.460 e. The van der Waals surface area contributed by atoms with E-state index >= 15 is 0 Å². The van der Waals surface area contributed by atoms with E-state index in [0.29, 0.717) is 31.5 Å². The van der Waals surface area contributed by atoms with Crippen LogP contribution in [-0.2, 0) is 27.7 Å². The highest BCUT2D eigenvalue weighted by atomic mass is 16.6. The van der Waals surface area contributed by atoms with Crippen molar-refractivity contribution in [1.29, 1.82) is 0 Å². The third kappa shape index (κ3) is 6.12. The number of amides is 1. The molecule has 0 N–H and O–H groups in total. The van der Waals surface area contributed by atoms with Gasteiger partial charge < -0.3 is 18.9 Å². The van der Waals surface area contributed by atoms with Gasteiger partial charge in [-0.25, -0.2) is 9.78 Å². The minimum absolute atomic E-state index is 0.0716. The fourth-order valence-electron chi connectivity index (χ4n) is 4.14. The average Bonchev–Trinajstić information content (AvgIpc) is 3.28. The van der Waals surface area contributed by atoms with Crippen LogP contribution in [-0.4, -0.2) is 57.1 Å². The van der Waals surface area contributed by atoms with E-state index in [2.05, 4.69) is 0 Å². The van der Waals surface area contributed by atoms with Crippen LogP contribution in [0.25, 0.3) is 11.0 Å². The molecule has 0 aliphatic carbocycles. The van der Waals surface area contributed by atoms with Gasteiger partial charge in [0.25, 0.3) is 0 Å². The van der Waals surface area contributed by atoms with Gasteiger partial charge in [0, 0.05) is 32.1 Å². The molecule has 0 saturated carbocycles. The molecule has 8 heteroatoms. The van der Waals surface area contributed by atoms with Gasteiger partial charge in [0.1, 0.15) is 23.3 Å². The van der Waals surface area contributed by atoms with E-state index in [-0.39, 0.29) is 18.0 Å². The van der Waals surface area contributed by atoms with Crippen LogP contribution < -0.4 is 0 Å². The number of hydrogen-bond donors (Lipinski definition) is 0. The number of aryl methyl sites for hydroxylation is 1. The van der Waals surface area contributed by atoms with Crippen molar-refractivity contribution in [1.82, 2.24) is 14.5 Å². The van der Waals surface area contributed by atoms with Gasteiger partial charge in [0.2, 0.25) is 0 Å². The largest absolute Gasteiger partial charge is 0.460 e. The van der Waals surface area contributed by atoms with Crippen molar-refractivity contribution in [2.75, 3.05) is 13.1 Å². The molecule has 8 nitrogen and oxygen atoms in total. The Balaban J connectivity index is 1.86. The van der Waals surface area contributed by atoms with E-state index in [4.69, 9.17) is 14.5 Å². The molecule has 1 aliphatic rings. The standard InChI is InChI=1S/C25H35N3O5/c1-24(2,3)32-22(30)18(17-10-11-28(14-17)23(31)33-25(4,5)6)13-21-26-19-9-8-16(15-29)12-20(19)27(21)7/h8-9,12,15,17-18H,10-11,13-14H2,1-7H3/t17-,18-/m0/s1. The highest BCUT2D eigenvalue weighted by Gasteiger charge is 2.39. The van der Waals surface area contributed by atoms with E-state index < -0.39 is 17.1 Å². The van der Waals surface area contributed by atoms with Crippen LogP contribution in [0.3, 0.4) is 0 Å². The molecule has 33 heavy (non-hydrogen) atoms. The Hall–Kier alpha value is -2.90. The summed E-state index contributed by atoms with van der Waals surface area (Å²) in [5.74, 6) is -0.0887. The number of ether oxygens (including phenoxy) is 2. The number of nitrogens with zero attached hydrogens (tertiary/aromatic N) is 3. The summed E-state index contributed by atoms with van der Waals surface area (Å²) >= 11 is 0. The van der Waals surface area contributed by atoms with Gasteiger partial charge in [-0.2, -0.15) is 0 Å². The number of carbonyl (C=O) groups is 3. The predicted octanol–water partition coefficient (Wildman–Crippen LogP) is 4.14. The molecule has 1 aromatic heterocycles. The molecule has 180 valence electrons. The number of rotatable bonds is 5. The van der Waals surface area contributed by atoms with Crippen molar-refractivity contribution >= 4 is 29.4 Å². The minimum atomic E-state index is -0.621. The zero-order valence-corrected chi connectivity index (χ0v) is 20.7. The fraction of sp³-hybridized carbons (Fsp3) is 0.600. The normalized spacial score (nSPS) is 17.8. The topological polar surface area (TPSA) is 90.7 Å². The van der Waals surface area contributed by atoms with E-state index in [1.807, 2.05) is 59.2 Å². The van der Waals surface area contributed by atoms with Crippen molar-refractivity contribution in [3.8, 4) is 0 Å². The smallest absolute Gasteiger partial charge is 0.410 e. The number of aromatic nitrogens is 2. The van der Waals surface area contributed by atoms with E-state index in [1.54, 1.807) is 17.0 Å². The maximum absolute atomic E-state index is 13.2. The summed E-state index contributed by atoms with van der Waals surface area (Å²) in [4.78, 5) is 43.4. The summed E-state index contributed by atoms with van der Waals surface area (Å²) in [6, 6.07) is 5.33. The lowest BCUT2D eigenvalue weighted by Gasteiger charge is -2.28. The number of imidazole rings is 1. The highest BCUT2D eigenvalue weighted by molar-refractivity contribution is 5.85. The Bertz CT molecular complexity index is 1040. The third-order valence-electron chi connectivity index (χ3n) is 5.69. The summed E-state index contributed by atoms with van der Waals surface area (Å²) in [5, 5.41) is 0. The van der Waals surface area contributed by atoms with Gasteiger partial charge in [0.15, 0.2) is 0 Å². The average molecular weight is 458 g/mol. The van der Waals surface area contributed by atoms with Crippen molar-refractivity contribution in [2.24, 2.45) is 18.9 Å². The number of fused-ring (bicyclic) bond motifs is 1. The summed E-state index contributed by atoms with van der Waals surface area (Å²) in [5.41, 5.74) is 0.976. The van der Waals surface area contributed by atoms with Crippen LogP contribution in [0.4, 0.5) is 4.79 Å². The Morgan fingerprint density at radius 1 is 1.15 bits per heavy atom. The summed E-state index contributed by atoms with van der Waals surface area (Å²) in [6.45, 7) is 12.0. The Labute approximate surface area is 195 Å². The number of benzene rings is 1. The second-order valence-electron chi connectivity index (χ2n) is 10.8. The molecular weight excluding hydrogens is 422 g/mol. The molecule has 0 unspecified atom stereocenters. The molecule has 1 amide bonds. The molecule has 3 rings (SSSR count). The zero-order chi connectivity index (χ0) is 24.6. The first-order valence-electron chi connectivity index (χ1n) is 11.4. The van der Waals surface area contributed by atoms with Crippen LogP contribution in [0, 0.1) is 11.8 Å². The summed E-state index contributed by atoms with van der Waals surface area (Å²) < 4.78 is 13.2. The number of esters is 1. The lowest BCUT2D eigenvalue weighted by atomic mass is 9.88. The van der Waals surface area contributed by atoms with Crippen molar-refractivity contribution in [3.63, 3.8) is 0 Å². The summed E-state index contributed by atoms with van der Waals surface area (Å²) in [7, 11) is 1.88. The maximum Gasteiger partial charge on any atom is 0.410 e. The molecule has 1 fully saturated rings. The lowest BCUT2D eigenvalue weighted by Crippen LogP contribution is -2.38. The van der Waals surface area contributed by atoms with E-state index in [1.165, 1.54) is 0 Å². The van der Waals surface area contributed by atoms with Crippen LogP contribution in [0.1, 0.15) is 64.1 Å². The third-order valence-corrected chi connectivity index (χ3v) is 5.69. The molecule has 2 atom stereocenters. The van der Waals surface area contributed by atoms with Crippen LogP contribution in [0.2, 0.25) is 0 Å². The second-order valence-corrected chi connectivity index (χ2v) is 10.8.